The summed E-state index contributed by atoms with van der Waals surface area (Å²) in [4.78, 5) is 0. The van der Waals surface area contributed by atoms with E-state index in [1.54, 1.807) is 6.07 Å². The van der Waals surface area contributed by atoms with Gasteiger partial charge in [0.15, 0.2) is 0 Å². The standard InChI is InChI=1S/C10H14.C9H10F2.C9H11F/c1-8(2)10-7-5-4-6-9(10)3;1-6(2)8-4-3-7(10)5-9(8)11;1-7(2)8-5-3-4-6-9(8)10/h4-8H,1-3H3;3-6H,1-2H3;3-7H,1-2H3. The fourth-order valence-electron chi connectivity index (χ4n) is 3.15. The van der Waals surface area contributed by atoms with E-state index in [9.17, 15) is 13.2 Å². The van der Waals surface area contributed by atoms with Gasteiger partial charge >= 0.3 is 0 Å². The summed E-state index contributed by atoms with van der Waals surface area (Å²) in [5, 5.41) is 0. The topological polar surface area (TPSA) is 0 Å². The molecule has 0 heterocycles. The zero-order valence-corrected chi connectivity index (χ0v) is 19.7. The van der Waals surface area contributed by atoms with E-state index in [0.717, 1.165) is 11.6 Å². The van der Waals surface area contributed by atoms with Gasteiger partial charge in [-0.1, -0.05) is 90.1 Å². The van der Waals surface area contributed by atoms with E-state index in [0.29, 0.717) is 11.5 Å². The average molecular weight is 429 g/mol. The van der Waals surface area contributed by atoms with Crippen molar-refractivity contribution in [2.45, 2.75) is 66.2 Å². The zero-order chi connectivity index (χ0) is 23.6. The summed E-state index contributed by atoms with van der Waals surface area (Å²) >= 11 is 0. The minimum atomic E-state index is -0.521. The van der Waals surface area contributed by atoms with E-state index in [-0.39, 0.29) is 17.7 Å². The van der Waals surface area contributed by atoms with Crippen molar-refractivity contribution < 1.29 is 13.2 Å². The molecule has 0 atom stereocenters. The van der Waals surface area contributed by atoms with E-state index >= 15 is 0 Å². The minimum Gasteiger partial charge on any atom is -0.207 e. The van der Waals surface area contributed by atoms with Crippen LogP contribution in [-0.4, -0.2) is 0 Å². The molecule has 3 rings (SSSR count). The first kappa shape index (κ1) is 26.5. The highest BCUT2D eigenvalue weighted by Gasteiger charge is 2.06. The molecule has 3 aromatic carbocycles. The molecule has 31 heavy (non-hydrogen) atoms. The molecule has 0 bridgehead atoms. The lowest BCUT2D eigenvalue weighted by molar-refractivity contribution is 0.565. The Morgan fingerprint density at radius 2 is 0.968 bits per heavy atom. The van der Waals surface area contributed by atoms with Gasteiger partial charge in [0.2, 0.25) is 0 Å². The third kappa shape index (κ3) is 9.00. The first-order valence-electron chi connectivity index (χ1n) is 10.8. The monoisotopic (exact) mass is 428 g/mol. The van der Waals surface area contributed by atoms with Crippen LogP contribution in [-0.2, 0) is 0 Å². The van der Waals surface area contributed by atoms with Gasteiger partial charge in [-0.3, -0.25) is 0 Å². The molecule has 0 aliphatic carbocycles. The van der Waals surface area contributed by atoms with Gasteiger partial charge in [0, 0.05) is 6.07 Å². The van der Waals surface area contributed by atoms with Crippen LogP contribution in [0.15, 0.2) is 66.7 Å². The molecule has 0 fully saturated rings. The second-order valence-corrected chi connectivity index (χ2v) is 8.51. The van der Waals surface area contributed by atoms with Crippen LogP contribution in [0.1, 0.15) is 81.5 Å². The summed E-state index contributed by atoms with van der Waals surface area (Å²) in [5.41, 5.74) is 4.22. The van der Waals surface area contributed by atoms with Crippen LogP contribution in [0.4, 0.5) is 13.2 Å². The maximum absolute atomic E-state index is 12.9. The number of halogens is 3. The molecule has 168 valence electrons. The van der Waals surface area contributed by atoms with Crippen molar-refractivity contribution in [2.24, 2.45) is 0 Å². The average Bonchev–Trinajstić information content (AvgIpc) is 2.69. The Balaban J connectivity index is 0.000000233. The molecule has 0 N–H and O–H groups in total. The molecule has 0 unspecified atom stereocenters. The number of rotatable bonds is 3. The Hall–Kier alpha value is -2.55. The Bertz CT molecular complexity index is 878. The van der Waals surface area contributed by atoms with Gasteiger partial charge in [0.1, 0.15) is 17.5 Å². The van der Waals surface area contributed by atoms with E-state index in [4.69, 9.17) is 0 Å². The molecule has 0 aliphatic rings. The highest BCUT2D eigenvalue weighted by atomic mass is 19.1. The molecular formula is C28H35F3. The Kier molecular flexibility index (Phi) is 11.1. The number of hydrogen-bond acceptors (Lipinski definition) is 0. The first-order valence-corrected chi connectivity index (χ1v) is 10.8. The summed E-state index contributed by atoms with van der Waals surface area (Å²) in [6.07, 6.45) is 0. The van der Waals surface area contributed by atoms with Crippen molar-refractivity contribution in [1.82, 2.24) is 0 Å². The van der Waals surface area contributed by atoms with E-state index < -0.39 is 11.6 Å². The molecule has 0 saturated carbocycles. The van der Waals surface area contributed by atoms with Crippen molar-refractivity contribution >= 4 is 0 Å². The Labute approximate surface area is 186 Å². The molecule has 3 heteroatoms. The molecule has 3 aromatic rings. The van der Waals surface area contributed by atoms with Crippen molar-refractivity contribution in [1.29, 1.82) is 0 Å². The molecule has 0 nitrogen and oxygen atoms in total. The van der Waals surface area contributed by atoms with Crippen molar-refractivity contribution in [3.05, 3.63) is 106 Å². The van der Waals surface area contributed by atoms with E-state index in [1.807, 2.05) is 39.8 Å². The normalized spacial score (nSPS) is 10.5. The smallest absolute Gasteiger partial charge is 0.129 e. The van der Waals surface area contributed by atoms with Crippen LogP contribution < -0.4 is 0 Å². The minimum absolute atomic E-state index is 0.0995. The highest BCUT2D eigenvalue weighted by Crippen LogP contribution is 2.19. The summed E-state index contributed by atoms with van der Waals surface area (Å²) < 4.78 is 38.1. The molecule has 0 radical (unpaired) electrons. The molecule has 0 saturated heterocycles. The van der Waals surface area contributed by atoms with Gasteiger partial charge in [0.05, 0.1) is 0 Å². The fraction of sp³-hybridized carbons (Fsp3) is 0.357. The summed E-state index contributed by atoms with van der Waals surface area (Å²) in [7, 11) is 0. The predicted octanol–water partition coefficient (Wildman–Crippen LogP) is 9.16. The Morgan fingerprint density at radius 3 is 1.35 bits per heavy atom. The van der Waals surface area contributed by atoms with Gasteiger partial charge in [-0.05, 0) is 59.1 Å². The number of benzene rings is 3. The van der Waals surface area contributed by atoms with Crippen LogP contribution in [0, 0.1) is 24.4 Å². The maximum atomic E-state index is 12.9. The second kappa shape index (κ2) is 13.0. The lowest BCUT2D eigenvalue weighted by Gasteiger charge is -2.07. The van der Waals surface area contributed by atoms with Gasteiger partial charge in [-0.25, -0.2) is 13.2 Å². The third-order valence-corrected chi connectivity index (χ3v) is 4.92. The second-order valence-electron chi connectivity index (χ2n) is 8.51. The van der Waals surface area contributed by atoms with Gasteiger partial charge < -0.3 is 0 Å². The van der Waals surface area contributed by atoms with Gasteiger partial charge in [-0.15, -0.1) is 0 Å². The lowest BCUT2D eigenvalue weighted by Crippen LogP contribution is -1.92. The molecule has 0 amide bonds. The van der Waals surface area contributed by atoms with Crippen molar-refractivity contribution in [2.75, 3.05) is 0 Å². The van der Waals surface area contributed by atoms with Crippen LogP contribution in [0.3, 0.4) is 0 Å². The number of hydrogen-bond donors (Lipinski definition) is 0. The van der Waals surface area contributed by atoms with E-state index in [1.165, 1.54) is 29.3 Å². The third-order valence-electron chi connectivity index (χ3n) is 4.92. The van der Waals surface area contributed by atoms with Crippen molar-refractivity contribution in [3.63, 3.8) is 0 Å². The summed E-state index contributed by atoms with van der Waals surface area (Å²) in [6.45, 7) is 14.3. The Morgan fingerprint density at radius 1 is 0.516 bits per heavy atom. The van der Waals surface area contributed by atoms with E-state index in [2.05, 4.69) is 45.0 Å². The number of aryl methyl sites for hydroxylation is 1. The highest BCUT2D eigenvalue weighted by molar-refractivity contribution is 5.28. The van der Waals surface area contributed by atoms with Gasteiger partial charge in [0.25, 0.3) is 0 Å². The first-order chi connectivity index (χ1) is 14.5. The molecule has 0 spiro atoms. The quantitative estimate of drug-likeness (QED) is 0.390. The molecular weight excluding hydrogens is 393 g/mol. The predicted molar refractivity (Wildman–Crippen MR) is 126 cm³/mol. The van der Waals surface area contributed by atoms with Crippen LogP contribution in [0.2, 0.25) is 0 Å². The lowest BCUT2D eigenvalue weighted by atomic mass is 9.99. The SMILES string of the molecule is CC(C)c1ccc(F)cc1F.CC(C)c1ccccc1F.Cc1ccccc1C(C)C. The molecule has 0 aliphatic heterocycles. The largest absolute Gasteiger partial charge is 0.207 e. The molecule has 0 aromatic heterocycles. The maximum Gasteiger partial charge on any atom is 0.129 e. The van der Waals surface area contributed by atoms with Crippen LogP contribution in [0.5, 0.6) is 0 Å². The van der Waals surface area contributed by atoms with Crippen LogP contribution >= 0.6 is 0 Å². The van der Waals surface area contributed by atoms with Gasteiger partial charge in [-0.2, -0.15) is 0 Å². The zero-order valence-electron chi connectivity index (χ0n) is 19.7. The van der Waals surface area contributed by atoms with Crippen molar-refractivity contribution in [3.8, 4) is 0 Å². The fourth-order valence-corrected chi connectivity index (χ4v) is 3.15. The van der Waals surface area contributed by atoms with Crippen LogP contribution in [0.25, 0.3) is 0 Å². The summed E-state index contributed by atoms with van der Waals surface area (Å²) in [6, 6.07) is 19.1. The summed E-state index contributed by atoms with van der Waals surface area (Å²) in [5.74, 6) is -0.0394.